The normalized spacial score (nSPS) is 10.1. The number of esters is 2. The highest BCUT2D eigenvalue weighted by atomic mass is 79.9. The van der Waals surface area contributed by atoms with E-state index in [9.17, 15) is 9.59 Å². The summed E-state index contributed by atoms with van der Waals surface area (Å²) in [4.78, 5) is 23.8. The molecule has 0 N–H and O–H groups in total. The van der Waals surface area contributed by atoms with Crippen LogP contribution in [-0.4, -0.2) is 32.8 Å². The lowest BCUT2D eigenvalue weighted by atomic mass is 10.1. The second kappa shape index (κ2) is 8.38. The van der Waals surface area contributed by atoms with E-state index in [0.717, 1.165) is 12.8 Å². The highest BCUT2D eigenvalue weighted by Gasteiger charge is 2.26. The number of halogens is 2. The highest BCUT2D eigenvalue weighted by Crippen LogP contribution is 2.39. The zero-order chi connectivity index (χ0) is 16.0. The topological polar surface area (TPSA) is 61.8 Å². The molecule has 0 aliphatic rings. The third-order valence-electron chi connectivity index (χ3n) is 2.72. The average Bonchev–Trinajstić information content (AvgIpc) is 2.48. The van der Waals surface area contributed by atoms with Crippen molar-refractivity contribution in [2.75, 3.05) is 20.8 Å². The van der Waals surface area contributed by atoms with E-state index in [1.807, 2.05) is 6.92 Å². The predicted molar refractivity (Wildman–Crippen MR) is 84.9 cm³/mol. The molecule has 0 amide bonds. The van der Waals surface area contributed by atoms with Gasteiger partial charge in [0, 0.05) is 0 Å². The molecule has 7 heteroatoms. The molecule has 0 saturated carbocycles. The number of methoxy groups -OCH3 is 2. The summed E-state index contributed by atoms with van der Waals surface area (Å²) in [7, 11) is 2.49. The van der Waals surface area contributed by atoms with E-state index in [1.54, 1.807) is 0 Å². The molecular weight excluding hydrogens is 408 g/mol. The lowest BCUT2D eigenvalue weighted by Crippen LogP contribution is -2.14. The fraction of sp³-hybridized carbons (Fsp3) is 0.429. The average molecular weight is 424 g/mol. The van der Waals surface area contributed by atoms with E-state index in [2.05, 4.69) is 31.9 Å². The summed E-state index contributed by atoms with van der Waals surface area (Å²) in [5, 5.41) is 0. The van der Waals surface area contributed by atoms with Crippen LogP contribution in [0, 0.1) is 0 Å². The first-order valence-electron chi connectivity index (χ1n) is 6.29. The third kappa shape index (κ3) is 4.20. The molecule has 0 atom stereocenters. The zero-order valence-corrected chi connectivity index (χ0v) is 15.2. The van der Waals surface area contributed by atoms with E-state index in [-0.39, 0.29) is 11.1 Å². The van der Waals surface area contributed by atoms with Gasteiger partial charge in [0.25, 0.3) is 0 Å². The SMILES string of the molecule is CCCCOc1c(Br)cc(C(=O)OC)c(C(=O)OC)c1Br. The first kappa shape index (κ1) is 18.0. The lowest BCUT2D eigenvalue weighted by Gasteiger charge is -2.15. The Morgan fingerprint density at radius 2 is 1.76 bits per heavy atom. The Balaban J connectivity index is 3.37. The van der Waals surface area contributed by atoms with E-state index in [1.165, 1.54) is 20.3 Å². The number of unbranched alkanes of at least 4 members (excludes halogenated alkanes) is 1. The van der Waals surface area contributed by atoms with Crippen molar-refractivity contribution in [2.24, 2.45) is 0 Å². The van der Waals surface area contributed by atoms with Crippen LogP contribution in [0.15, 0.2) is 15.0 Å². The fourth-order valence-corrected chi connectivity index (χ4v) is 3.14. The first-order valence-corrected chi connectivity index (χ1v) is 7.87. The van der Waals surface area contributed by atoms with Gasteiger partial charge >= 0.3 is 11.9 Å². The minimum absolute atomic E-state index is 0.0825. The Labute approximate surface area is 140 Å². The molecule has 0 aliphatic carbocycles. The Kier molecular flexibility index (Phi) is 7.17. The van der Waals surface area contributed by atoms with Crippen LogP contribution in [0.25, 0.3) is 0 Å². The van der Waals surface area contributed by atoms with E-state index >= 15 is 0 Å². The third-order valence-corrected chi connectivity index (χ3v) is 4.06. The summed E-state index contributed by atoms with van der Waals surface area (Å²) in [6.45, 7) is 2.56. The molecule has 116 valence electrons. The quantitative estimate of drug-likeness (QED) is 0.511. The summed E-state index contributed by atoms with van der Waals surface area (Å²) >= 11 is 6.65. The van der Waals surface area contributed by atoms with Gasteiger partial charge in [0.15, 0.2) is 0 Å². The summed E-state index contributed by atoms with van der Waals surface area (Å²) in [6, 6.07) is 1.49. The summed E-state index contributed by atoms with van der Waals surface area (Å²) in [6.07, 6.45) is 1.87. The summed E-state index contributed by atoms with van der Waals surface area (Å²) in [5.74, 6) is -0.816. The molecule has 0 aromatic heterocycles. The van der Waals surface area contributed by atoms with Crippen molar-refractivity contribution in [3.63, 3.8) is 0 Å². The molecule has 0 fully saturated rings. The Hall–Kier alpha value is -1.08. The van der Waals surface area contributed by atoms with Gasteiger partial charge in [-0.3, -0.25) is 0 Å². The summed E-state index contributed by atoms with van der Waals surface area (Å²) < 4.78 is 16.0. The van der Waals surface area contributed by atoms with Gasteiger partial charge in [-0.15, -0.1) is 0 Å². The number of rotatable bonds is 6. The molecule has 1 aromatic rings. The second-order valence-electron chi connectivity index (χ2n) is 4.11. The molecule has 0 spiro atoms. The smallest absolute Gasteiger partial charge is 0.340 e. The Bertz CT molecular complexity index is 543. The van der Waals surface area contributed by atoms with Gasteiger partial charge in [0.1, 0.15) is 5.75 Å². The van der Waals surface area contributed by atoms with Crippen LogP contribution in [0.2, 0.25) is 0 Å². The van der Waals surface area contributed by atoms with Gasteiger partial charge in [0.05, 0.1) is 40.9 Å². The minimum Gasteiger partial charge on any atom is -0.491 e. The van der Waals surface area contributed by atoms with Gasteiger partial charge in [-0.05, 0) is 44.3 Å². The number of carbonyl (C=O) groups is 2. The highest BCUT2D eigenvalue weighted by molar-refractivity contribution is 9.11. The number of ether oxygens (including phenoxy) is 3. The molecule has 0 aliphatic heterocycles. The van der Waals surface area contributed by atoms with Gasteiger partial charge in [-0.2, -0.15) is 0 Å². The van der Waals surface area contributed by atoms with Gasteiger partial charge < -0.3 is 14.2 Å². The van der Waals surface area contributed by atoms with Crippen molar-refractivity contribution in [3.8, 4) is 5.75 Å². The number of hydrogen-bond acceptors (Lipinski definition) is 5. The Morgan fingerprint density at radius 3 is 2.29 bits per heavy atom. The maximum absolute atomic E-state index is 11.9. The molecule has 0 unspecified atom stereocenters. The molecule has 5 nitrogen and oxygen atoms in total. The molecule has 0 bridgehead atoms. The molecule has 0 saturated heterocycles. The molecule has 0 heterocycles. The fourth-order valence-electron chi connectivity index (χ4n) is 1.62. The monoisotopic (exact) mass is 422 g/mol. The number of carbonyl (C=O) groups excluding carboxylic acids is 2. The van der Waals surface area contributed by atoms with Gasteiger partial charge in [0.2, 0.25) is 0 Å². The number of hydrogen-bond donors (Lipinski definition) is 0. The van der Waals surface area contributed by atoms with Crippen molar-refractivity contribution in [2.45, 2.75) is 19.8 Å². The minimum atomic E-state index is -0.643. The van der Waals surface area contributed by atoms with Crippen molar-refractivity contribution < 1.29 is 23.8 Å². The maximum atomic E-state index is 11.9. The second-order valence-corrected chi connectivity index (χ2v) is 5.76. The van der Waals surface area contributed by atoms with Crippen LogP contribution < -0.4 is 4.74 Å². The van der Waals surface area contributed by atoms with Crippen LogP contribution >= 0.6 is 31.9 Å². The molecule has 21 heavy (non-hydrogen) atoms. The maximum Gasteiger partial charge on any atom is 0.340 e. The zero-order valence-electron chi connectivity index (χ0n) is 12.0. The van der Waals surface area contributed by atoms with E-state index in [0.29, 0.717) is 21.3 Å². The van der Waals surface area contributed by atoms with Crippen molar-refractivity contribution >= 4 is 43.8 Å². The largest absolute Gasteiger partial charge is 0.491 e. The standard InChI is InChI=1S/C14H16Br2O5/c1-4-5-6-21-12-9(15)7-8(13(17)19-2)10(11(12)16)14(18)20-3/h7H,4-6H2,1-3H3. The van der Waals surface area contributed by atoms with Crippen LogP contribution in [0.1, 0.15) is 40.5 Å². The predicted octanol–water partition coefficient (Wildman–Crippen LogP) is 3.96. The van der Waals surface area contributed by atoms with Crippen LogP contribution in [0.4, 0.5) is 0 Å². The van der Waals surface area contributed by atoms with Crippen molar-refractivity contribution in [1.29, 1.82) is 0 Å². The first-order chi connectivity index (χ1) is 9.97. The lowest BCUT2D eigenvalue weighted by molar-refractivity contribution is 0.0553. The summed E-state index contributed by atoms with van der Waals surface area (Å²) in [5.41, 5.74) is 0.185. The molecule has 0 radical (unpaired) electrons. The Morgan fingerprint density at radius 1 is 1.14 bits per heavy atom. The molecule has 1 aromatic carbocycles. The van der Waals surface area contributed by atoms with Crippen LogP contribution in [0.3, 0.4) is 0 Å². The number of benzene rings is 1. The van der Waals surface area contributed by atoms with Crippen molar-refractivity contribution in [3.05, 3.63) is 26.1 Å². The van der Waals surface area contributed by atoms with Gasteiger partial charge in [-0.25, -0.2) is 9.59 Å². The van der Waals surface area contributed by atoms with Crippen LogP contribution in [-0.2, 0) is 9.47 Å². The van der Waals surface area contributed by atoms with E-state index in [4.69, 9.17) is 14.2 Å². The van der Waals surface area contributed by atoms with Crippen LogP contribution in [0.5, 0.6) is 5.75 Å². The molecular formula is C14H16Br2O5. The van der Waals surface area contributed by atoms with E-state index < -0.39 is 11.9 Å². The van der Waals surface area contributed by atoms with Crippen molar-refractivity contribution in [1.82, 2.24) is 0 Å². The molecule has 1 rings (SSSR count). The van der Waals surface area contributed by atoms with Gasteiger partial charge in [-0.1, -0.05) is 13.3 Å².